The Bertz CT molecular complexity index is 586. The van der Waals surface area contributed by atoms with Crippen LogP contribution in [-0.4, -0.2) is 76.5 Å². The second kappa shape index (κ2) is 5.85. The molecule has 2 saturated heterocycles. The lowest BCUT2D eigenvalue weighted by molar-refractivity contribution is 0.0103. The molecule has 23 heavy (non-hydrogen) atoms. The molecular formula is C15H22N4O4. The van der Waals surface area contributed by atoms with Gasteiger partial charge in [-0.05, 0) is 12.8 Å². The Hall–Kier alpha value is -1.51. The molecule has 0 unspecified atom stereocenters. The SMILES string of the molecule is O=C(c1cn([C@@H]2COC[C@H]2O)nn1)N1CCOCC2(CCC2)C1. The van der Waals surface area contributed by atoms with Gasteiger partial charge in [0.2, 0.25) is 0 Å². The number of aromatic nitrogens is 3. The van der Waals surface area contributed by atoms with E-state index in [4.69, 9.17) is 9.47 Å². The summed E-state index contributed by atoms with van der Waals surface area (Å²) in [5, 5.41) is 17.9. The zero-order chi connectivity index (χ0) is 15.9. The summed E-state index contributed by atoms with van der Waals surface area (Å²) in [7, 11) is 0. The Morgan fingerprint density at radius 3 is 2.91 bits per heavy atom. The van der Waals surface area contributed by atoms with Gasteiger partial charge in [0.15, 0.2) is 5.69 Å². The van der Waals surface area contributed by atoms with Gasteiger partial charge < -0.3 is 19.5 Å². The van der Waals surface area contributed by atoms with Crippen molar-refractivity contribution in [2.24, 2.45) is 5.41 Å². The highest BCUT2D eigenvalue weighted by Gasteiger charge is 2.41. The molecule has 2 aliphatic heterocycles. The Labute approximate surface area is 134 Å². The molecule has 1 aliphatic carbocycles. The Balaban J connectivity index is 1.49. The van der Waals surface area contributed by atoms with Crippen LogP contribution in [0.4, 0.5) is 0 Å². The van der Waals surface area contributed by atoms with Crippen molar-refractivity contribution in [1.82, 2.24) is 19.9 Å². The summed E-state index contributed by atoms with van der Waals surface area (Å²) >= 11 is 0. The van der Waals surface area contributed by atoms with Gasteiger partial charge in [-0.2, -0.15) is 0 Å². The van der Waals surface area contributed by atoms with Crippen LogP contribution in [0.5, 0.6) is 0 Å². The maximum Gasteiger partial charge on any atom is 0.276 e. The minimum absolute atomic E-state index is 0.110. The van der Waals surface area contributed by atoms with E-state index in [2.05, 4.69) is 10.3 Å². The number of carbonyl (C=O) groups is 1. The van der Waals surface area contributed by atoms with Crippen LogP contribution in [0.15, 0.2) is 6.20 Å². The van der Waals surface area contributed by atoms with Gasteiger partial charge in [0, 0.05) is 18.5 Å². The number of hydrogen-bond acceptors (Lipinski definition) is 6. The van der Waals surface area contributed by atoms with Gasteiger partial charge in [0.1, 0.15) is 12.1 Å². The van der Waals surface area contributed by atoms with Gasteiger partial charge in [-0.15, -0.1) is 5.10 Å². The molecule has 126 valence electrons. The fraction of sp³-hybridized carbons (Fsp3) is 0.800. The second-order valence-electron chi connectivity index (χ2n) is 6.89. The fourth-order valence-electron chi connectivity index (χ4n) is 3.63. The second-order valence-corrected chi connectivity index (χ2v) is 6.89. The summed E-state index contributed by atoms with van der Waals surface area (Å²) in [4.78, 5) is 14.6. The first-order valence-electron chi connectivity index (χ1n) is 8.22. The standard InChI is InChI=1S/C15H22N4O4/c20-13-8-23-7-12(13)19-6-11(16-17-19)14(21)18-4-5-22-10-15(9-18)2-1-3-15/h6,12-13,20H,1-5,7-10H2/t12-,13-/m1/s1. The molecule has 4 rings (SSSR count). The molecule has 3 aliphatic rings. The molecule has 8 heteroatoms. The normalized spacial score (nSPS) is 30.2. The third-order valence-electron chi connectivity index (χ3n) is 5.23. The zero-order valence-electron chi connectivity index (χ0n) is 13.1. The van der Waals surface area contributed by atoms with Crippen molar-refractivity contribution >= 4 is 5.91 Å². The molecule has 0 aromatic carbocycles. The molecule has 3 fully saturated rings. The lowest BCUT2D eigenvalue weighted by atomic mass is 9.69. The molecule has 2 atom stereocenters. The third-order valence-corrected chi connectivity index (χ3v) is 5.23. The molecule has 3 heterocycles. The van der Waals surface area contributed by atoms with Crippen molar-refractivity contribution in [3.8, 4) is 0 Å². The quantitative estimate of drug-likeness (QED) is 0.815. The summed E-state index contributed by atoms with van der Waals surface area (Å²) in [6.07, 6.45) is 4.46. The van der Waals surface area contributed by atoms with Crippen molar-refractivity contribution in [3.05, 3.63) is 11.9 Å². The van der Waals surface area contributed by atoms with E-state index < -0.39 is 6.10 Å². The summed E-state index contributed by atoms with van der Waals surface area (Å²) in [6.45, 7) is 3.31. The third kappa shape index (κ3) is 2.75. The first-order chi connectivity index (χ1) is 11.2. The van der Waals surface area contributed by atoms with E-state index in [0.717, 1.165) is 26.0 Å². The minimum atomic E-state index is -0.607. The molecular weight excluding hydrogens is 300 g/mol. The van der Waals surface area contributed by atoms with Gasteiger partial charge in [0.05, 0.1) is 32.6 Å². The average molecular weight is 322 g/mol. The van der Waals surface area contributed by atoms with E-state index in [-0.39, 0.29) is 17.4 Å². The van der Waals surface area contributed by atoms with Crippen LogP contribution in [0, 0.1) is 5.41 Å². The number of ether oxygens (including phenoxy) is 2. The highest BCUT2D eigenvalue weighted by molar-refractivity contribution is 5.92. The maximum absolute atomic E-state index is 12.8. The van der Waals surface area contributed by atoms with Gasteiger partial charge in [-0.3, -0.25) is 4.79 Å². The molecule has 0 bridgehead atoms. The Morgan fingerprint density at radius 1 is 1.35 bits per heavy atom. The summed E-state index contributed by atoms with van der Waals surface area (Å²) in [6, 6.07) is -0.269. The number of rotatable bonds is 2. The number of aliphatic hydroxyl groups excluding tert-OH is 1. The summed E-state index contributed by atoms with van der Waals surface area (Å²) in [5.74, 6) is -0.110. The monoisotopic (exact) mass is 322 g/mol. The van der Waals surface area contributed by atoms with Crippen molar-refractivity contribution in [2.75, 3.05) is 39.5 Å². The van der Waals surface area contributed by atoms with Crippen molar-refractivity contribution in [1.29, 1.82) is 0 Å². The van der Waals surface area contributed by atoms with E-state index in [1.54, 1.807) is 10.9 Å². The summed E-state index contributed by atoms with van der Waals surface area (Å²) < 4.78 is 12.4. The average Bonchev–Trinajstić information content (AvgIpc) is 3.08. The highest BCUT2D eigenvalue weighted by Crippen LogP contribution is 2.42. The molecule has 1 aromatic heterocycles. The minimum Gasteiger partial charge on any atom is -0.388 e. The zero-order valence-corrected chi connectivity index (χ0v) is 13.1. The Kier molecular flexibility index (Phi) is 3.82. The topological polar surface area (TPSA) is 89.7 Å². The maximum atomic E-state index is 12.8. The smallest absolute Gasteiger partial charge is 0.276 e. The molecule has 8 nitrogen and oxygen atoms in total. The molecule has 1 N–H and O–H groups in total. The van der Waals surface area contributed by atoms with Crippen LogP contribution >= 0.6 is 0 Å². The van der Waals surface area contributed by atoms with Crippen molar-refractivity contribution in [3.63, 3.8) is 0 Å². The predicted octanol–water partition coefficient (Wildman–Crippen LogP) is -0.147. The molecule has 1 aromatic rings. The molecule has 1 spiro atoms. The van der Waals surface area contributed by atoms with Gasteiger partial charge >= 0.3 is 0 Å². The lowest BCUT2D eigenvalue weighted by Crippen LogP contribution is -2.45. The van der Waals surface area contributed by atoms with Crippen molar-refractivity contribution in [2.45, 2.75) is 31.4 Å². The molecule has 0 radical (unpaired) electrons. The fourth-order valence-corrected chi connectivity index (χ4v) is 3.63. The Morgan fingerprint density at radius 2 is 2.22 bits per heavy atom. The number of carbonyl (C=O) groups excluding carboxylic acids is 1. The van der Waals surface area contributed by atoms with Gasteiger partial charge in [-0.1, -0.05) is 11.6 Å². The molecule has 1 amide bonds. The van der Waals surface area contributed by atoms with Crippen LogP contribution in [0.1, 0.15) is 35.8 Å². The predicted molar refractivity (Wildman–Crippen MR) is 78.9 cm³/mol. The van der Waals surface area contributed by atoms with Gasteiger partial charge in [0.25, 0.3) is 5.91 Å². The van der Waals surface area contributed by atoms with E-state index in [0.29, 0.717) is 32.1 Å². The number of hydrogen-bond donors (Lipinski definition) is 1. The van der Waals surface area contributed by atoms with Crippen LogP contribution in [0.2, 0.25) is 0 Å². The number of amides is 1. The highest BCUT2D eigenvalue weighted by atomic mass is 16.5. The summed E-state index contributed by atoms with van der Waals surface area (Å²) in [5.41, 5.74) is 0.456. The van der Waals surface area contributed by atoms with E-state index in [1.165, 1.54) is 6.42 Å². The number of aliphatic hydroxyl groups is 1. The number of nitrogens with zero attached hydrogens (tertiary/aromatic N) is 4. The van der Waals surface area contributed by atoms with E-state index >= 15 is 0 Å². The largest absolute Gasteiger partial charge is 0.388 e. The van der Waals surface area contributed by atoms with Crippen molar-refractivity contribution < 1.29 is 19.4 Å². The first-order valence-corrected chi connectivity index (χ1v) is 8.22. The first kappa shape index (κ1) is 15.0. The van der Waals surface area contributed by atoms with E-state index in [9.17, 15) is 9.90 Å². The van der Waals surface area contributed by atoms with Crippen LogP contribution in [0.3, 0.4) is 0 Å². The molecule has 1 saturated carbocycles. The van der Waals surface area contributed by atoms with Crippen LogP contribution in [-0.2, 0) is 9.47 Å². The lowest BCUT2D eigenvalue weighted by Gasteiger charge is -2.42. The van der Waals surface area contributed by atoms with E-state index in [1.807, 2.05) is 4.90 Å². The van der Waals surface area contributed by atoms with Gasteiger partial charge in [-0.25, -0.2) is 4.68 Å². The van der Waals surface area contributed by atoms with Crippen LogP contribution < -0.4 is 0 Å². The van der Waals surface area contributed by atoms with Crippen LogP contribution in [0.25, 0.3) is 0 Å².